The van der Waals surface area contributed by atoms with Crippen LogP contribution in [0.4, 0.5) is 5.82 Å². The third kappa shape index (κ3) is 3.37. The second kappa shape index (κ2) is 7.70. The van der Waals surface area contributed by atoms with Crippen molar-refractivity contribution >= 4 is 11.6 Å². The van der Waals surface area contributed by atoms with Gasteiger partial charge in [-0.3, -0.25) is 0 Å². The van der Waals surface area contributed by atoms with Crippen molar-refractivity contribution in [2.75, 3.05) is 5.32 Å². The summed E-state index contributed by atoms with van der Waals surface area (Å²) < 4.78 is 1.72. The molecule has 3 heterocycles. The lowest BCUT2D eigenvalue weighted by Crippen LogP contribution is -2.07. The molecule has 0 atom stereocenters. The van der Waals surface area contributed by atoms with Crippen molar-refractivity contribution < 1.29 is 0 Å². The van der Waals surface area contributed by atoms with Crippen molar-refractivity contribution in [3.63, 3.8) is 0 Å². The van der Waals surface area contributed by atoms with E-state index in [0.717, 1.165) is 40.2 Å². The third-order valence-corrected chi connectivity index (χ3v) is 4.92. The first-order chi connectivity index (χ1) is 14.8. The Labute approximate surface area is 172 Å². The van der Waals surface area contributed by atoms with Gasteiger partial charge in [-0.25, -0.2) is 4.98 Å². The van der Waals surface area contributed by atoms with E-state index in [4.69, 9.17) is 0 Å². The minimum Gasteiger partial charge on any atom is -0.366 e. The fraction of sp³-hybridized carbons (Fsp3) is 0.143. The normalized spacial score (nSPS) is 11.1. The highest BCUT2D eigenvalue weighted by molar-refractivity contribution is 5.80. The van der Waals surface area contributed by atoms with Gasteiger partial charge in [0.1, 0.15) is 12.1 Å². The Morgan fingerprint density at radius 2 is 1.87 bits per heavy atom. The van der Waals surface area contributed by atoms with Crippen LogP contribution in [0.3, 0.4) is 0 Å². The molecule has 0 spiro atoms. The van der Waals surface area contributed by atoms with Crippen molar-refractivity contribution in [1.82, 2.24) is 40.2 Å². The summed E-state index contributed by atoms with van der Waals surface area (Å²) in [7, 11) is 0. The minimum atomic E-state index is 0.581. The Hall–Kier alpha value is -4.14. The summed E-state index contributed by atoms with van der Waals surface area (Å²) in [5.74, 6) is 2.06. The van der Waals surface area contributed by atoms with Crippen LogP contribution in [0.1, 0.15) is 18.2 Å². The van der Waals surface area contributed by atoms with Gasteiger partial charge in [-0.15, -0.1) is 10.2 Å². The van der Waals surface area contributed by atoms with Gasteiger partial charge in [-0.2, -0.15) is 19.8 Å². The van der Waals surface area contributed by atoms with Crippen LogP contribution in [-0.4, -0.2) is 40.2 Å². The number of fused-ring (bicyclic) bond motifs is 1. The number of aromatic nitrogens is 8. The lowest BCUT2D eigenvalue weighted by atomic mass is 9.98. The van der Waals surface area contributed by atoms with Gasteiger partial charge in [0.2, 0.25) is 5.82 Å². The molecule has 0 amide bonds. The van der Waals surface area contributed by atoms with Crippen LogP contribution < -0.4 is 5.32 Å². The molecule has 0 saturated heterocycles. The number of aromatic amines is 1. The summed E-state index contributed by atoms with van der Waals surface area (Å²) in [4.78, 5) is 8.68. The van der Waals surface area contributed by atoms with Crippen molar-refractivity contribution in [1.29, 1.82) is 0 Å². The molecule has 0 fully saturated rings. The molecule has 3 aromatic heterocycles. The lowest BCUT2D eigenvalue weighted by molar-refractivity contribution is 0.881. The quantitative estimate of drug-likeness (QED) is 0.453. The first kappa shape index (κ1) is 17.9. The number of hydrogen-bond donors (Lipinski definition) is 2. The average Bonchev–Trinajstić information content (AvgIpc) is 3.50. The Bertz CT molecular complexity index is 1270. The van der Waals surface area contributed by atoms with Crippen LogP contribution in [0.25, 0.3) is 28.3 Å². The summed E-state index contributed by atoms with van der Waals surface area (Å²) >= 11 is 0. The van der Waals surface area contributed by atoms with E-state index in [1.54, 1.807) is 4.52 Å². The van der Waals surface area contributed by atoms with E-state index in [-0.39, 0.29) is 0 Å². The molecule has 9 nitrogen and oxygen atoms in total. The molecular weight excluding hydrogens is 378 g/mol. The molecule has 5 rings (SSSR count). The second-order valence-corrected chi connectivity index (χ2v) is 6.79. The smallest absolute Gasteiger partial charge is 0.254 e. The number of benzene rings is 2. The number of aryl methyl sites for hydroxylation is 1. The van der Waals surface area contributed by atoms with Crippen LogP contribution in [0, 0.1) is 0 Å². The van der Waals surface area contributed by atoms with Crippen LogP contribution in [-0.2, 0) is 13.0 Å². The van der Waals surface area contributed by atoms with E-state index in [0.29, 0.717) is 18.1 Å². The summed E-state index contributed by atoms with van der Waals surface area (Å²) in [5.41, 5.74) is 5.22. The highest BCUT2D eigenvalue weighted by Crippen LogP contribution is 2.29. The number of nitrogens with zero attached hydrogens (tertiary/aromatic N) is 7. The van der Waals surface area contributed by atoms with E-state index in [2.05, 4.69) is 78.3 Å². The molecule has 0 aliphatic heterocycles. The molecule has 30 heavy (non-hydrogen) atoms. The zero-order chi connectivity index (χ0) is 20.3. The largest absolute Gasteiger partial charge is 0.366 e. The fourth-order valence-electron chi connectivity index (χ4n) is 3.37. The number of anilines is 1. The highest BCUT2D eigenvalue weighted by atomic mass is 15.5. The van der Waals surface area contributed by atoms with Crippen LogP contribution in [0.5, 0.6) is 0 Å². The third-order valence-electron chi connectivity index (χ3n) is 4.92. The predicted octanol–water partition coefficient (Wildman–Crippen LogP) is 3.15. The van der Waals surface area contributed by atoms with Crippen molar-refractivity contribution in [3.05, 3.63) is 72.2 Å². The van der Waals surface area contributed by atoms with Gasteiger partial charge < -0.3 is 5.32 Å². The van der Waals surface area contributed by atoms with Crippen molar-refractivity contribution in [2.24, 2.45) is 0 Å². The van der Waals surface area contributed by atoms with Gasteiger partial charge in [0, 0.05) is 23.9 Å². The standard InChI is InChI=1S/C21H19N9/c1-2-16-11-19(30-21(25-16)23-13-24-30)22-12-14-7-9-15(10-8-14)17-5-3-4-6-18(17)20-26-28-29-27-20/h3-11,13,22H,2,12H2,1H3,(H,26,27,28,29). The summed E-state index contributed by atoms with van der Waals surface area (Å²) in [6, 6.07) is 18.5. The second-order valence-electron chi connectivity index (χ2n) is 6.79. The first-order valence-corrected chi connectivity index (χ1v) is 9.67. The van der Waals surface area contributed by atoms with E-state index in [1.165, 1.54) is 6.33 Å². The molecule has 0 aliphatic carbocycles. The molecule has 0 bridgehead atoms. The van der Waals surface area contributed by atoms with Gasteiger partial charge in [-0.05, 0) is 28.3 Å². The molecule has 0 unspecified atom stereocenters. The number of H-pyrrole nitrogens is 1. The molecule has 0 aliphatic rings. The Balaban J connectivity index is 1.38. The maximum Gasteiger partial charge on any atom is 0.254 e. The van der Waals surface area contributed by atoms with Gasteiger partial charge in [-0.1, -0.05) is 55.5 Å². The minimum absolute atomic E-state index is 0.581. The van der Waals surface area contributed by atoms with Crippen LogP contribution >= 0.6 is 0 Å². The molecule has 2 N–H and O–H groups in total. The molecule has 2 aromatic carbocycles. The lowest BCUT2D eigenvalue weighted by Gasteiger charge is -2.11. The van der Waals surface area contributed by atoms with Crippen LogP contribution in [0.2, 0.25) is 0 Å². The van der Waals surface area contributed by atoms with E-state index in [9.17, 15) is 0 Å². The van der Waals surface area contributed by atoms with E-state index in [1.807, 2.05) is 24.3 Å². The maximum absolute atomic E-state index is 4.48. The van der Waals surface area contributed by atoms with Crippen LogP contribution in [0.15, 0.2) is 60.9 Å². The van der Waals surface area contributed by atoms with E-state index >= 15 is 0 Å². The maximum atomic E-state index is 4.48. The van der Waals surface area contributed by atoms with Gasteiger partial charge in [0.25, 0.3) is 5.78 Å². The number of rotatable bonds is 6. The zero-order valence-electron chi connectivity index (χ0n) is 16.3. The molecule has 148 valence electrons. The molecule has 9 heteroatoms. The number of tetrazole rings is 1. The van der Waals surface area contributed by atoms with Crippen molar-refractivity contribution in [3.8, 4) is 22.5 Å². The number of nitrogens with one attached hydrogen (secondary N) is 2. The summed E-state index contributed by atoms with van der Waals surface area (Å²) in [5, 5.41) is 22.1. The monoisotopic (exact) mass is 397 g/mol. The van der Waals surface area contributed by atoms with Gasteiger partial charge >= 0.3 is 0 Å². The van der Waals surface area contributed by atoms with E-state index < -0.39 is 0 Å². The highest BCUT2D eigenvalue weighted by Gasteiger charge is 2.11. The Morgan fingerprint density at radius 3 is 2.63 bits per heavy atom. The number of hydrogen-bond acceptors (Lipinski definition) is 7. The SMILES string of the molecule is CCc1cc(NCc2ccc(-c3ccccc3-c3nn[nH]n3)cc2)n2ncnc2n1. The topological polar surface area (TPSA) is 110 Å². The zero-order valence-corrected chi connectivity index (χ0v) is 16.3. The summed E-state index contributed by atoms with van der Waals surface area (Å²) in [6.07, 6.45) is 2.36. The molecular formula is C21H19N9. The molecule has 5 aromatic rings. The van der Waals surface area contributed by atoms with Gasteiger partial charge in [0.05, 0.1) is 0 Å². The molecule has 0 radical (unpaired) electrons. The summed E-state index contributed by atoms with van der Waals surface area (Å²) in [6.45, 7) is 2.74. The fourth-order valence-corrected chi connectivity index (χ4v) is 3.37. The predicted molar refractivity (Wildman–Crippen MR) is 113 cm³/mol. The first-order valence-electron chi connectivity index (χ1n) is 9.67. The Kier molecular flexibility index (Phi) is 4.60. The molecule has 0 saturated carbocycles. The van der Waals surface area contributed by atoms with Gasteiger partial charge in [0.15, 0.2) is 0 Å². The Morgan fingerprint density at radius 1 is 1.03 bits per heavy atom. The van der Waals surface area contributed by atoms with Crippen molar-refractivity contribution in [2.45, 2.75) is 19.9 Å². The average molecular weight is 397 g/mol.